The van der Waals surface area contributed by atoms with E-state index in [0.717, 1.165) is 0 Å². The summed E-state index contributed by atoms with van der Waals surface area (Å²) in [5.41, 5.74) is 11.6. The summed E-state index contributed by atoms with van der Waals surface area (Å²) in [5.74, 6) is 0.491. The predicted molar refractivity (Wildman–Crippen MR) is 70.2 cm³/mol. The summed E-state index contributed by atoms with van der Waals surface area (Å²) in [7, 11) is 1.54. The highest BCUT2D eigenvalue weighted by Crippen LogP contribution is 2.30. The number of rotatable bonds is 4. The van der Waals surface area contributed by atoms with Crippen LogP contribution in [-0.4, -0.2) is 18.0 Å². The van der Waals surface area contributed by atoms with E-state index in [1.807, 2.05) is 0 Å². The van der Waals surface area contributed by atoms with Crippen molar-refractivity contribution in [2.45, 2.75) is 0 Å². The van der Waals surface area contributed by atoms with Crippen LogP contribution in [0.5, 0.6) is 17.4 Å². The van der Waals surface area contributed by atoms with Crippen molar-refractivity contribution in [3.05, 3.63) is 42.1 Å². The number of amides is 1. The number of pyridine rings is 1. The Labute approximate surface area is 110 Å². The highest BCUT2D eigenvalue weighted by molar-refractivity contribution is 5.95. The second-order valence-electron chi connectivity index (χ2n) is 3.73. The average Bonchev–Trinajstić information content (AvgIpc) is 2.41. The summed E-state index contributed by atoms with van der Waals surface area (Å²) in [5, 5.41) is 0. The second kappa shape index (κ2) is 5.26. The lowest BCUT2D eigenvalue weighted by molar-refractivity contribution is 0.0997. The molecule has 0 saturated carbocycles. The molecule has 0 radical (unpaired) electrons. The number of hydrogen-bond donors (Lipinski definition) is 2. The van der Waals surface area contributed by atoms with Crippen LogP contribution in [0.4, 0.5) is 5.69 Å². The Morgan fingerprint density at radius 1 is 1.32 bits per heavy atom. The maximum Gasteiger partial charge on any atom is 0.254 e. The van der Waals surface area contributed by atoms with E-state index in [2.05, 4.69) is 4.98 Å². The van der Waals surface area contributed by atoms with Crippen molar-refractivity contribution < 1.29 is 14.3 Å². The zero-order valence-corrected chi connectivity index (χ0v) is 10.3. The third kappa shape index (κ3) is 2.74. The molecule has 2 aromatic rings. The number of nitrogen functional groups attached to an aromatic ring is 1. The van der Waals surface area contributed by atoms with E-state index in [-0.39, 0.29) is 11.4 Å². The number of aromatic nitrogens is 1. The largest absolute Gasteiger partial charge is 0.497 e. The molecule has 0 bridgehead atoms. The normalized spacial score (nSPS) is 9.95. The van der Waals surface area contributed by atoms with Crippen LogP contribution < -0.4 is 20.9 Å². The van der Waals surface area contributed by atoms with Crippen LogP contribution in [-0.2, 0) is 0 Å². The number of hydrogen-bond acceptors (Lipinski definition) is 5. The number of anilines is 1. The number of ether oxygens (including phenoxy) is 2. The maximum absolute atomic E-state index is 11.2. The minimum atomic E-state index is -0.616. The van der Waals surface area contributed by atoms with Crippen molar-refractivity contribution in [3.63, 3.8) is 0 Å². The fraction of sp³-hybridized carbons (Fsp3) is 0.0769. The van der Waals surface area contributed by atoms with E-state index in [1.54, 1.807) is 31.4 Å². The number of nitrogens with zero attached hydrogens (tertiary/aromatic N) is 1. The monoisotopic (exact) mass is 259 g/mol. The Balaban J connectivity index is 2.34. The molecule has 0 unspecified atom stereocenters. The number of primary amides is 1. The molecule has 1 amide bonds. The van der Waals surface area contributed by atoms with Gasteiger partial charge in [-0.15, -0.1) is 0 Å². The first kappa shape index (κ1) is 12.7. The Bertz CT molecular complexity index is 614. The van der Waals surface area contributed by atoms with Crippen LogP contribution in [0.1, 0.15) is 10.4 Å². The molecule has 6 heteroatoms. The molecule has 1 heterocycles. The van der Waals surface area contributed by atoms with Gasteiger partial charge in [0.25, 0.3) is 5.91 Å². The van der Waals surface area contributed by atoms with Crippen molar-refractivity contribution in [1.29, 1.82) is 0 Å². The van der Waals surface area contributed by atoms with E-state index < -0.39 is 5.91 Å². The molecule has 0 aliphatic rings. The van der Waals surface area contributed by atoms with Gasteiger partial charge < -0.3 is 20.9 Å². The molecule has 19 heavy (non-hydrogen) atoms. The van der Waals surface area contributed by atoms with Gasteiger partial charge in [-0.2, -0.15) is 0 Å². The molecule has 98 valence electrons. The third-order valence-corrected chi connectivity index (χ3v) is 2.46. The van der Waals surface area contributed by atoms with Crippen LogP contribution >= 0.6 is 0 Å². The SMILES string of the molecule is COc1ccc(Oc2ncccc2C(N)=O)c(N)c1. The maximum atomic E-state index is 11.2. The molecule has 0 fully saturated rings. The van der Waals surface area contributed by atoms with Gasteiger partial charge in [-0.25, -0.2) is 4.98 Å². The number of carbonyl (C=O) groups is 1. The van der Waals surface area contributed by atoms with Crippen LogP contribution in [0.2, 0.25) is 0 Å². The van der Waals surface area contributed by atoms with Gasteiger partial charge >= 0.3 is 0 Å². The summed E-state index contributed by atoms with van der Waals surface area (Å²) in [4.78, 5) is 15.2. The lowest BCUT2D eigenvalue weighted by Gasteiger charge is -2.10. The smallest absolute Gasteiger partial charge is 0.254 e. The van der Waals surface area contributed by atoms with Gasteiger partial charge in [-0.3, -0.25) is 4.79 Å². The quantitative estimate of drug-likeness (QED) is 0.811. The molecule has 0 saturated heterocycles. The molecule has 1 aromatic carbocycles. The first-order valence-corrected chi connectivity index (χ1v) is 5.48. The van der Waals surface area contributed by atoms with Crippen molar-refractivity contribution >= 4 is 11.6 Å². The van der Waals surface area contributed by atoms with Gasteiger partial charge in [0.1, 0.15) is 11.3 Å². The second-order valence-corrected chi connectivity index (χ2v) is 3.73. The van der Waals surface area contributed by atoms with Crippen molar-refractivity contribution in [2.75, 3.05) is 12.8 Å². The van der Waals surface area contributed by atoms with Gasteiger partial charge in [0.15, 0.2) is 5.75 Å². The number of carbonyl (C=O) groups excluding carboxylic acids is 1. The fourth-order valence-corrected chi connectivity index (χ4v) is 1.51. The summed E-state index contributed by atoms with van der Waals surface area (Å²) in [6.45, 7) is 0. The first-order valence-electron chi connectivity index (χ1n) is 5.48. The number of nitrogens with two attached hydrogens (primary N) is 2. The molecule has 0 atom stereocenters. The Morgan fingerprint density at radius 3 is 2.74 bits per heavy atom. The Hall–Kier alpha value is -2.76. The third-order valence-electron chi connectivity index (χ3n) is 2.46. The number of benzene rings is 1. The summed E-state index contributed by atoms with van der Waals surface area (Å²) in [6.07, 6.45) is 1.50. The van der Waals surface area contributed by atoms with Gasteiger partial charge in [0.05, 0.1) is 12.8 Å². The van der Waals surface area contributed by atoms with Gasteiger partial charge in [-0.1, -0.05) is 0 Å². The minimum Gasteiger partial charge on any atom is -0.497 e. The molecular weight excluding hydrogens is 246 g/mol. The summed E-state index contributed by atoms with van der Waals surface area (Å²) < 4.78 is 10.5. The van der Waals surface area contributed by atoms with Crippen molar-refractivity contribution in [2.24, 2.45) is 5.73 Å². The predicted octanol–water partition coefficient (Wildman–Crippen LogP) is 1.56. The average molecular weight is 259 g/mol. The van der Waals surface area contributed by atoms with Crippen molar-refractivity contribution in [3.8, 4) is 17.4 Å². The fourth-order valence-electron chi connectivity index (χ4n) is 1.51. The Morgan fingerprint density at radius 2 is 2.11 bits per heavy atom. The van der Waals surface area contributed by atoms with Crippen LogP contribution in [0, 0.1) is 0 Å². The summed E-state index contributed by atoms with van der Waals surface area (Å²) in [6, 6.07) is 8.07. The standard InChI is InChI=1S/C13H13N3O3/c1-18-8-4-5-11(10(14)7-8)19-13-9(12(15)17)3-2-6-16-13/h2-7H,14H2,1H3,(H2,15,17). The van der Waals surface area contributed by atoms with Gasteiger partial charge in [0, 0.05) is 12.3 Å². The Kier molecular flexibility index (Phi) is 3.51. The zero-order chi connectivity index (χ0) is 13.8. The van der Waals surface area contributed by atoms with E-state index in [9.17, 15) is 4.79 Å². The number of methoxy groups -OCH3 is 1. The van der Waals surface area contributed by atoms with Gasteiger partial charge in [-0.05, 0) is 24.3 Å². The lowest BCUT2D eigenvalue weighted by Crippen LogP contribution is -2.13. The first-order chi connectivity index (χ1) is 9.11. The molecule has 4 N–H and O–H groups in total. The molecule has 0 aliphatic carbocycles. The zero-order valence-electron chi connectivity index (χ0n) is 10.3. The van der Waals surface area contributed by atoms with E-state index in [4.69, 9.17) is 20.9 Å². The molecule has 2 rings (SSSR count). The molecule has 0 spiro atoms. The minimum absolute atomic E-state index is 0.117. The van der Waals surface area contributed by atoms with Crippen molar-refractivity contribution in [1.82, 2.24) is 4.98 Å². The highest BCUT2D eigenvalue weighted by Gasteiger charge is 2.12. The molecular formula is C13H13N3O3. The van der Waals surface area contributed by atoms with E-state index in [1.165, 1.54) is 12.3 Å². The van der Waals surface area contributed by atoms with E-state index in [0.29, 0.717) is 17.2 Å². The molecule has 1 aromatic heterocycles. The molecule has 6 nitrogen and oxygen atoms in total. The van der Waals surface area contributed by atoms with Crippen LogP contribution in [0.15, 0.2) is 36.5 Å². The molecule has 0 aliphatic heterocycles. The topological polar surface area (TPSA) is 100 Å². The highest BCUT2D eigenvalue weighted by atomic mass is 16.5. The van der Waals surface area contributed by atoms with Crippen LogP contribution in [0.3, 0.4) is 0 Å². The van der Waals surface area contributed by atoms with Crippen LogP contribution in [0.25, 0.3) is 0 Å². The van der Waals surface area contributed by atoms with E-state index >= 15 is 0 Å². The van der Waals surface area contributed by atoms with Gasteiger partial charge in [0.2, 0.25) is 5.88 Å². The summed E-state index contributed by atoms with van der Waals surface area (Å²) >= 11 is 0. The lowest BCUT2D eigenvalue weighted by atomic mass is 10.2.